The van der Waals surface area contributed by atoms with Gasteiger partial charge in [0.15, 0.2) is 11.5 Å². The average Bonchev–Trinajstić information content (AvgIpc) is 2.93. The number of methoxy groups -OCH3 is 2. The van der Waals surface area contributed by atoms with E-state index in [1.807, 2.05) is 19.9 Å². The summed E-state index contributed by atoms with van der Waals surface area (Å²) >= 11 is 6.37. The third-order valence-corrected chi connectivity index (χ3v) is 8.57. The van der Waals surface area contributed by atoms with E-state index in [0.717, 1.165) is 15.4 Å². The van der Waals surface area contributed by atoms with E-state index >= 15 is 0 Å². The summed E-state index contributed by atoms with van der Waals surface area (Å²) in [5.74, 6) is -0.398. The van der Waals surface area contributed by atoms with Crippen LogP contribution >= 0.6 is 11.6 Å². The van der Waals surface area contributed by atoms with Crippen molar-refractivity contribution in [3.05, 3.63) is 82.4 Å². The van der Waals surface area contributed by atoms with Crippen molar-refractivity contribution >= 4 is 39.1 Å². The van der Waals surface area contributed by atoms with E-state index < -0.39 is 34.4 Å². The second-order valence-electron chi connectivity index (χ2n) is 9.28. The van der Waals surface area contributed by atoms with Gasteiger partial charge in [0.1, 0.15) is 12.6 Å². The molecule has 0 spiro atoms. The van der Waals surface area contributed by atoms with Crippen molar-refractivity contribution in [3.8, 4) is 11.5 Å². The fourth-order valence-electron chi connectivity index (χ4n) is 4.33. The molecule has 0 bridgehead atoms. The fraction of sp³-hybridized carbons (Fsp3) is 0.310. The third-order valence-electron chi connectivity index (χ3n) is 6.43. The first-order chi connectivity index (χ1) is 18.9. The van der Waals surface area contributed by atoms with Crippen LogP contribution in [0.2, 0.25) is 5.02 Å². The zero-order valence-electron chi connectivity index (χ0n) is 23.4. The number of carbonyl (C=O) groups is 2. The molecule has 0 saturated carbocycles. The summed E-state index contributed by atoms with van der Waals surface area (Å²) in [4.78, 5) is 27.8. The standard InChI is InChI=1S/C29H34ClN3O6S/c1-19-13-20(2)15-23(14-19)33(40(36,37)24-11-12-26(38-5)27(16-24)39-6)18-28(34)32(21(3)29(35)31-4)17-22-9-7-8-10-25(22)30/h7-16,21H,17-18H2,1-6H3,(H,31,35)/t21-/m1/s1. The molecule has 9 nitrogen and oxygen atoms in total. The number of amides is 2. The van der Waals surface area contributed by atoms with Gasteiger partial charge in [-0.1, -0.05) is 35.9 Å². The van der Waals surface area contributed by atoms with Crippen LogP contribution in [-0.4, -0.2) is 59.0 Å². The van der Waals surface area contributed by atoms with Crippen LogP contribution in [0.4, 0.5) is 5.69 Å². The van der Waals surface area contributed by atoms with Crippen LogP contribution in [-0.2, 0) is 26.2 Å². The number of benzene rings is 3. The summed E-state index contributed by atoms with van der Waals surface area (Å²) in [5, 5.41) is 2.98. The van der Waals surface area contributed by atoms with E-state index in [-0.39, 0.29) is 17.2 Å². The first-order valence-electron chi connectivity index (χ1n) is 12.5. The molecule has 0 saturated heterocycles. The molecule has 3 aromatic rings. The maximum atomic E-state index is 14.1. The minimum atomic E-state index is -4.28. The lowest BCUT2D eigenvalue weighted by Crippen LogP contribution is -2.50. The Bertz CT molecular complexity index is 1470. The van der Waals surface area contributed by atoms with Crippen LogP contribution in [0.15, 0.2) is 65.6 Å². The van der Waals surface area contributed by atoms with Crippen molar-refractivity contribution in [2.24, 2.45) is 0 Å². The van der Waals surface area contributed by atoms with Gasteiger partial charge < -0.3 is 19.7 Å². The lowest BCUT2D eigenvalue weighted by atomic mass is 10.1. The zero-order valence-corrected chi connectivity index (χ0v) is 25.0. The first-order valence-corrected chi connectivity index (χ1v) is 14.3. The van der Waals surface area contributed by atoms with Crippen molar-refractivity contribution in [1.29, 1.82) is 0 Å². The second-order valence-corrected chi connectivity index (χ2v) is 11.5. The molecule has 0 aliphatic heterocycles. The Kier molecular flexibility index (Phi) is 10.1. The Morgan fingerprint density at radius 3 is 2.15 bits per heavy atom. The molecule has 2 amide bonds. The van der Waals surface area contributed by atoms with Crippen LogP contribution in [0, 0.1) is 13.8 Å². The molecule has 214 valence electrons. The summed E-state index contributed by atoms with van der Waals surface area (Å²) in [6.07, 6.45) is 0. The Morgan fingerprint density at radius 2 is 1.57 bits per heavy atom. The van der Waals surface area contributed by atoms with Gasteiger partial charge >= 0.3 is 0 Å². The fourth-order valence-corrected chi connectivity index (χ4v) is 5.94. The molecule has 0 aliphatic carbocycles. The van der Waals surface area contributed by atoms with E-state index in [0.29, 0.717) is 22.0 Å². The maximum absolute atomic E-state index is 14.1. The number of hydrogen-bond donors (Lipinski definition) is 1. The minimum Gasteiger partial charge on any atom is -0.493 e. The van der Waals surface area contributed by atoms with Crippen LogP contribution < -0.4 is 19.1 Å². The van der Waals surface area contributed by atoms with E-state index in [9.17, 15) is 18.0 Å². The summed E-state index contributed by atoms with van der Waals surface area (Å²) < 4.78 is 39.9. The summed E-state index contributed by atoms with van der Waals surface area (Å²) in [7, 11) is 0.0509. The van der Waals surface area contributed by atoms with Crippen molar-refractivity contribution in [2.45, 2.75) is 38.3 Å². The average molecular weight is 588 g/mol. The predicted molar refractivity (Wildman–Crippen MR) is 156 cm³/mol. The van der Waals surface area contributed by atoms with Gasteiger partial charge in [-0.25, -0.2) is 8.42 Å². The molecule has 0 aromatic heterocycles. The van der Waals surface area contributed by atoms with Gasteiger partial charge in [-0.15, -0.1) is 0 Å². The normalized spacial score (nSPS) is 11.9. The van der Waals surface area contributed by atoms with Crippen molar-refractivity contribution in [2.75, 3.05) is 32.1 Å². The Labute approximate surface area is 240 Å². The highest BCUT2D eigenvalue weighted by molar-refractivity contribution is 7.92. The molecule has 11 heteroatoms. The molecule has 0 radical (unpaired) electrons. The molecular weight excluding hydrogens is 554 g/mol. The molecular formula is C29H34ClN3O6S. The highest BCUT2D eigenvalue weighted by Gasteiger charge is 2.33. The zero-order chi connectivity index (χ0) is 29.6. The third kappa shape index (κ3) is 6.86. The van der Waals surface area contributed by atoms with E-state index in [2.05, 4.69) is 5.32 Å². The van der Waals surface area contributed by atoms with Crippen molar-refractivity contribution < 1.29 is 27.5 Å². The van der Waals surface area contributed by atoms with Crippen LogP contribution in [0.25, 0.3) is 0 Å². The van der Waals surface area contributed by atoms with Crippen molar-refractivity contribution in [3.63, 3.8) is 0 Å². The summed E-state index contributed by atoms with van der Waals surface area (Å²) in [6.45, 7) is 4.71. The van der Waals surface area contributed by atoms with E-state index in [4.69, 9.17) is 21.1 Å². The minimum absolute atomic E-state index is 0.00415. The number of likely N-dealkylation sites (N-methyl/N-ethyl adjacent to an activating group) is 1. The molecule has 0 unspecified atom stereocenters. The topological polar surface area (TPSA) is 105 Å². The van der Waals surface area contributed by atoms with E-state index in [1.54, 1.807) is 43.3 Å². The predicted octanol–water partition coefficient (Wildman–Crippen LogP) is 4.33. The van der Waals surface area contributed by atoms with Crippen LogP contribution in [0.1, 0.15) is 23.6 Å². The highest BCUT2D eigenvalue weighted by Crippen LogP contribution is 2.33. The van der Waals surface area contributed by atoms with Crippen molar-refractivity contribution in [1.82, 2.24) is 10.2 Å². The molecule has 3 aromatic carbocycles. The van der Waals surface area contributed by atoms with E-state index in [1.165, 1.54) is 44.4 Å². The Morgan fingerprint density at radius 1 is 0.950 bits per heavy atom. The lowest BCUT2D eigenvalue weighted by molar-refractivity contribution is -0.139. The number of hydrogen-bond acceptors (Lipinski definition) is 6. The molecule has 0 aliphatic rings. The van der Waals surface area contributed by atoms with Crippen LogP contribution in [0.5, 0.6) is 11.5 Å². The number of aryl methyl sites for hydroxylation is 2. The molecule has 1 N–H and O–H groups in total. The highest BCUT2D eigenvalue weighted by atomic mass is 35.5. The van der Waals surface area contributed by atoms with Gasteiger partial charge in [-0.2, -0.15) is 0 Å². The number of nitrogens with one attached hydrogen (secondary N) is 1. The molecule has 0 fully saturated rings. The lowest BCUT2D eigenvalue weighted by Gasteiger charge is -2.32. The number of nitrogens with zero attached hydrogens (tertiary/aromatic N) is 2. The number of rotatable bonds is 11. The van der Waals surface area contributed by atoms with Gasteiger partial charge in [0.05, 0.1) is 24.8 Å². The Balaban J connectivity index is 2.12. The van der Waals surface area contributed by atoms with Gasteiger partial charge in [0, 0.05) is 24.7 Å². The monoisotopic (exact) mass is 587 g/mol. The number of halogens is 1. The number of carbonyl (C=O) groups excluding carboxylic acids is 2. The SMILES string of the molecule is CNC(=O)[C@@H](C)N(Cc1ccccc1Cl)C(=O)CN(c1cc(C)cc(C)c1)S(=O)(=O)c1ccc(OC)c(OC)c1. The smallest absolute Gasteiger partial charge is 0.264 e. The summed E-state index contributed by atoms with van der Waals surface area (Å²) in [6, 6.07) is 15.6. The number of anilines is 1. The number of sulfonamides is 1. The molecule has 40 heavy (non-hydrogen) atoms. The molecule has 0 heterocycles. The quantitative estimate of drug-likeness (QED) is 0.358. The number of ether oxygens (including phenoxy) is 2. The first kappa shape index (κ1) is 30.8. The summed E-state index contributed by atoms with van der Waals surface area (Å²) in [5.41, 5.74) is 2.57. The second kappa shape index (κ2) is 13.1. The largest absolute Gasteiger partial charge is 0.493 e. The van der Waals surface area contributed by atoms with Gasteiger partial charge in [-0.3, -0.25) is 13.9 Å². The van der Waals surface area contributed by atoms with Gasteiger partial charge in [0.2, 0.25) is 11.8 Å². The van der Waals surface area contributed by atoms with Gasteiger partial charge in [-0.05, 0) is 67.8 Å². The molecule has 1 atom stereocenters. The van der Waals surface area contributed by atoms with Gasteiger partial charge in [0.25, 0.3) is 10.0 Å². The Hall–Kier alpha value is -3.76. The molecule has 3 rings (SSSR count). The maximum Gasteiger partial charge on any atom is 0.264 e. The van der Waals surface area contributed by atoms with Crippen LogP contribution in [0.3, 0.4) is 0 Å².